The number of piperidine rings is 1. The molecular formula is C19H28N2O5S2. The Labute approximate surface area is 170 Å². The summed E-state index contributed by atoms with van der Waals surface area (Å²) in [6.45, 7) is 4.86. The van der Waals surface area contributed by atoms with Gasteiger partial charge in [0.15, 0.2) is 0 Å². The van der Waals surface area contributed by atoms with Crippen molar-refractivity contribution in [2.45, 2.75) is 46.0 Å². The SMILES string of the molecule is CCOC(=O)c1c(NC(=O)C2CCCN(S(C)(=O)=O)C2)sc2c1CCC(C)C2. The highest BCUT2D eigenvalue weighted by Crippen LogP contribution is 2.40. The summed E-state index contributed by atoms with van der Waals surface area (Å²) < 4.78 is 30.2. The van der Waals surface area contributed by atoms with E-state index in [0.717, 1.165) is 29.7 Å². The van der Waals surface area contributed by atoms with E-state index in [0.29, 0.717) is 35.9 Å². The van der Waals surface area contributed by atoms with Gasteiger partial charge in [-0.25, -0.2) is 17.5 Å². The van der Waals surface area contributed by atoms with Crippen molar-refractivity contribution in [3.63, 3.8) is 0 Å². The second kappa shape index (κ2) is 8.51. The molecular weight excluding hydrogens is 400 g/mol. The van der Waals surface area contributed by atoms with Gasteiger partial charge in [-0.15, -0.1) is 11.3 Å². The molecule has 7 nitrogen and oxygen atoms in total. The maximum Gasteiger partial charge on any atom is 0.341 e. The summed E-state index contributed by atoms with van der Waals surface area (Å²) in [5.74, 6) is -0.500. The van der Waals surface area contributed by atoms with E-state index < -0.39 is 21.9 Å². The topological polar surface area (TPSA) is 92.8 Å². The van der Waals surface area contributed by atoms with Crippen LogP contribution in [0.3, 0.4) is 0 Å². The van der Waals surface area contributed by atoms with Crippen LogP contribution in [0, 0.1) is 11.8 Å². The second-order valence-electron chi connectivity index (χ2n) is 7.73. The lowest BCUT2D eigenvalue weighted by Crippen LogP contribution is -2.43. The number of amides is 1. The summed E-state index contributed by atoms with van der Waals surface area (Å²) in [5, 5.41) is 3.46. The zero-order valence-electron chi connectivity index (χ0n) is 16.6. The Kier molecular flexibility index (Phi) is 6.46. The minimum absolute atomic E-state index is 0.182. The molecule has 1 N–H and O–H groups in total. The molecule has 0 radical (unpaired) electrons. The van der Waals surface area contributed by atoms with E-state index in [4.69, 9.17) is 4.74 Å². The van der Waals surface area contributed by atoms with Gasteiger partial charge in [-0.3, -0.25) is 4.79 Å². The third-order valence-electron chi connectivity index (χ3n) is 5.45. The molecule has 1 amide bonds. The normalized spacial score (nSPS) is 23.1. The summed E-state index contributed by atoms with van der Waals surface area (Å²) in [7, 11) is -3.32. The van der Waals surface area contributed by atoms with Crippen molar-refractivity contribution in [2.75, 3.05) is 31.3 Å². The van der Waals surface area contributed by atoms with Gasteiger partial charge < -0.3 is 10.1 Å². The van der Waals surface area contributed by atoms with Crippen LogP contribution in [0.15, 0.2) is 0 Å². The highest BCUT2D eigenvalue weighted by atomic mass is 32.2. The molecule has 1 aliphatic heterocycles. The van der Waals surface area contributed by atoms with E-state index in [-0.39, 0.29) is 19.1 Å². The largest absolute Gasteiger partial charge is 0.462 e. The molecule has 28 heavy (non-hydrogen) atoms. The predicted octanol–water partition coefficient (Wildman–Crippen LogP) is 2.66. The monoisotopic (exact) mass is 428 g/mol. The molecule has 1 aromatic heterocycles. The Morgan fingerprint density at radius 2 is 2.07 bits per heavy atom. The number of hydrogen-bond donors (Lipinski definition) is 1. The first-order valence-electron chi connectivity index (χ1n) is 9.78. The Balaban J connectivity index is 1.83. The predicted molar refractivity (Wildman–Crippen MR) is 109 cm³/mol. The van der Waals surface area contributed by atoms with Crippen molar-refractivity contribution >= 4 is 38.2 Å². The van der Waals surface area contributed by atoms with Crippen LogP contribution in [0.1, 0.15) is 53.9 Å². The standard InChI is InChI=1S/C19H28N2O5S2/c1-4-26-19(23)16-14-8-7-12(2)10-15(14)27-18(16)20-17(22)13-6-5-9-21(11-13)28(3,24)25/h12-13H,4-11H2,1-3H3,(H,20,22). The fourth-order valence-corrected chi connectivity index (χ4v) is 6.24. The summed E-state index contributed by atoms with van der Waals surface area (Å²) in [5.41, 5.74) is 1.48. The molecule has 9 heteroatoms. The molecule has 0 aromatic carbocycles. The van der Waals surface area contributed by atoms with Crippen molar-refractivity contribution in [1.29, 1.82) is 0 Å². The van der Waals surface area contributed by atoms with Gasteiger partial charge in [0.2, 0.25) is 15.9 Å². The lowest BCUT2D eigenvalue weighted by atomic mass is 9.88. The Morgan fingerprint density at radius 3 is 2.75 bits per heavy atom. The van der Waals surface area contributed by atoms with Crippen LogP contribution in [0.5, 0.6) is 0 Å². The van der Waals surface area contributed by atoms with Crippen LogP contribution in [0.4, 0.5) is 5.00 Å². The number of nitrogens with zero attached hydrogens (tertiary/aromatic N) is 1. The van der Waals surface area contributed by atoms with Gasteiger partial charge in [0.25, 0.3) is 0 Å². The molecule has 0 spiro atoms. The number of thiophene rings is 1. The zero-order valence-corrected chi connectivity index (χ0v) is 18.2. The number of sulfonamides is 1. The van der Waals surface area contributed by atoms with E-state index in [2.05, 4.69) is 12.2 Å². The number of carbonyl (C=O) groups excluding carboxylic acids is 2. The average Bonchev–Trinajstić information content (AvgIpc) is 2.98. The summed E-state index contributed by atoms with van der Waals surface area (Å²) in [4.78, 5) is 26.6. The van der Waals surface area contributed by atoms with Gasteiger partial charge in [-0.05, 0) is 50.5 Å². The second-order valence-corrected chi connectivity index (χ2v) is 10.8. The molecule has 1 aromatic rings. The Hall–Kier alpha value is -1.45. The maximum absolute atomic E-state index is 12.9. The minimum atomic E-state index is -3.32. The maximum atomic E-state index is 12.9. The van der Waals surface area contributed by atoms with Crippen LogP contribution >= 0.6 is 11.3 Å². The number of nitrogens with one attached hydrogen (secondary N) is 1. The van der Waals surface area contributed by atoms with Gasteiger partial charge in [0.1, 0.15) is 5.00 Å². The first kappa shape index (κ1) is 21.3. The zero-order chi connectivity index (χ0) is 20.5. The van der Waals surface area contributed by atoms with Crippen molar-refractivity contribution in [2.24, 2.45) is 11.8 Å². The van der Waals surface area contributed by atoms with E-state index in [1.165, 1.54) is 21.9 Å². The van der Waals surface area contributed by atoms with Crippen molar-refractivity contribution < 1.29 is 22.7 Å². The first-order chi connectivity index (χ1) is 13.2. The highest BCUT2D eigenvalue weighted by molar-refractivity contribution is 7.88. The highest BCUT2D eigenvalue weighted by Gasteiger charge is 2.33. The van der Waals surface area contributed by atoms with Gasteiger partial charge in [0, 0.05) is 18.0 Å². The van der Waals surface area contributed by atoms with Gasteiger partial charge in [-0.2, -0.15) is 0 Å². The fourth-order valence-electron chi connectivity index (χ4n) is 3.93. The average molecular weight is 429 g/mol. The van der Waals surface area contributed by atoms with Gasteiger partial charge in [0.05, 0.1) is 24.3 Å². The number of esters is 1. The van der Waals surface area contributed by atoms with E-state index >= 15 is 0 Å². The number of ether oxygens (including phenoxy) is 1. The lowest BCUT2D eigenvalue weighted by molar-refractivity contribution is -0.120. The summed E-state index contributed by atoms with van der Waals surface area (Å²) in [6.07, 6.45) is 5.16. The Bertz CT molecular complexity index is 862. The number of carbonyl (C=O) groups is 2. The molecule has 1 fully saturated rings. The van der Waals surface area contributed by atoms with Crippen molar-refractivity contribution in [3.05, 3.63) is 16.0 Å². The lowest BCUT2D eigenvalue weighted by Gasteiger charge is -2.30. The molecule has 156 valence electrons. The molecule has 0 bridgehead atoms. The van der Waals surface area contributed by atoms with Crippen LogP contribution in [-0.2, 0) is 32.4 Å². The quantitative estimate of drug-likeness (QED) is 0.728. The fraction of sp³-hybridized carbons (Fsp3) is 0.684. The summed E-state index contributed by atoms with van der Waals surface area (Å²) >= 11 is 1.45. The molecule has 2 aliphatic rings. The van der Waals surface area contributed by atoms with Gasteiger partial charge in [-0.1, -0.05) is 6.92 Å². The third-order valence-corrected chi connectivity index (χ3v) is 7.89. The number of rotatable bonds is 5. The number of fused-ring (bicyclic) bond motifs is 1. The molecule has 2 heterocycles. The van der Waals surface area contributed by atoms with Crippen LogP contribution in [0.2, 0.25) is 0 Å². The Morgan fingerprint density at radius 1 is 1.32 bits per heavy atom. The first-order valence-corrected chi connectivity index (χ1v) is 12.4. The molecule has 2 unspecified atom stereocenters. The molecule has 3 rings (SSSR count). The van der Waals surface area contributed by atoms with Crippen LogP contribution in [-0.4, -0.2) is 50.6 Å². The molecule has 2 atom stereocenters. The van der Waals surface area contributed by atoms with Crippen LogP contribution < -0.4 is 5.32 Å². The molecule has 1 saturated heterocycles. The third kappa shape index (κ3) is 4.58. The smallest absolute Gasteiger partial charge is 0.341 e. The molecule has 0 saturated carbocycles. The van der Waals surface area contributed by atoms with E-state index in [1.54, 1.807) is 6.92 Å². The van der Waals surface area contributed by atoms with E-state index in [9.17, 15) is 18.0 Å². The van der Waals surface area contributed by atoms with E-state index in [1.807, 2.05) is 0 Å². The summed E-state index contributed by atoms with van der Waals surface area (Å²) in [6, 6.07) is 0. The number of anilines is 1. The van der Waals surface area contributed by atoms with Gasteiger partial charge >= 0.3 is 5.97 Å². The minimum Gasteiger partial charge on any atom is -0.462 e. The molecule has 1 aliphatic carbocycles. The van der Waals surface area contributed by atoms with Crippen molar-refractivity contribution in [3.8, 4) is 0 Å². The number of hydrogen-bond acceptors (Lipinski definition) is 6. The van der Waals surface area contributed by atoms with Crippen LogP contribution in [0.25, 0.3) is 0 Å². The van der Waals surface area contributed by atoms with Crippen molar-refractivity contribution in [1.82, 2.24) is 4.31 Å².